The summed E-state index contributed by atoms with van der Waals surface area (Å²) in [4.78, 5) is 24.6. The molecule has 7 heteroatoms. The number of nitrogens with one attached hydrogen (secondary N) is 1. The number of hydrazone groups is 1. The minimum atomic E-state index is -0.464. The fourth-order valence-electron chi connectivity index (χ4n) is 3.61. The Morgan fingerprint density at radius 2 is 1.59 bits per heavy atom. The van der Waals surface area contributed by atoms with Crippen LogP contribution >= 0.6 is 0 Å². The molecule has 1 aliphatic rings. The summed E-state index contributed by atoms with van der Waals surface area (Å²) in [5.74, 6) is -0.376. The van der Waals surface area contributed by atoms with Gasteiger partial charge in [-0.05, 0) is 37.6 Å². The smallest absolute Gasteiger partial charge is 0.287 e. The summed E-state index contributed by atoms with van der Waals surface area (Å²) < 4.78 is 5.30. The van der Waals surface area contributed by atoms with Crippen LogP contribution < -0.4 is 10.3 Å². The van der Waals surface area contributed by atoms with Crippen molar-refractivity contribution in [3.63, 3.8) is 0 Å². The third kappa shape index (κ3) is 8.02. The van der Waals surface area contributed by atoms with Crippen molar-refractivity contribution in [1.82, 2.24) is 0 Å². The van der Waals surface area contributed by atoms with E-state index >= 15 is 0 Å². The van der Waals surface area contributed by atoms with Crippen LogP contribution in [0.4, 0.5) is 11.4 Å². The lowest BCUT2D eigenvalue weighted by Gasteiger charge is -2.12. The number of nitrogens with zero attached hydrogens (tertiary/aromatic N) is 2. The molecule has 0 atom stereocenters. The van der Waals surface area contributed by atoms with Gasteiger partial charge in [-0.15, -0.1) is 5.10 Å². The molecule has 2 N–H and O–H groups in total. The molecular formula is C25H37N3O4. The number of unbranched alkanes of at least 4 members (excludes halogenated alkanes) is 9. The van der Waals surface area contributed by atoms with Crippen LogP contribution in [-0.2, 0) is 14.3 Å². The molecule has 1 aliphatic heterocycles. The van der Waals surface area contributed by atoms with Crippen LogP contribution in [0.15, 0.2) is 41.2 Å². The van der Waals surface area contributed by atoms with Gasteiger partial charge in [0, 0.05) is 12.1 Å². The van der Waals surface area contributed by atoms with Crippen LogP contribution in [0.1, 0.15) is 84.5 Å². The SMILES string of the molecule is CCCCCCCCCCCCC(=O)Nc1ccc(N2N=C(OCC)/C(=C/O)C2=O)cc1. The second-order valence-corrected chi connectivity index (χ2v) is 8.02. The molecule has 0 spiro atoms. The normalized spacial score (nSPS) is 14.7. The molecule has 0 radical (unpaired) electrons. The number of aliphatic hydroxyl groups excluding tert-OH is 1. The first-order valence-electron chi connectivity index (χ1n) is 11.9. The van der Waals surface area contributed by atoms with Crippen LogP contribution in [0, 0.1) is 0 Å². The molecule has 0 bridgehead atoms. The largest absolute Gasteiger partial charge is 0.515 e. The lowest BCUT2D eigenvalue weighted by atomic mass is 10.1. The Bertz CT molecular complexity index is 787. The number of hydrogen-bond acceptors (Lipinski definition) is 5. The van der Waals surface area contributed by atoms with Crippen molar-refractivity contribution in [2.75, 3.05) is 16.9 Å². The van der Waals surface area contributed by atoms with E-state index in [0.717, 1.165) is 12.8 Å². The van der Waals surface area contributed by atoms with E-state index < -0.39 is 5.91 Å². The average molecular weight is 444 g/mol. The van der Waals surface area contributed by atoms with Crippen LogP contribution in [0.5, 0.6) is 0 Å². The second kappa shape index (κ2) is 14.3. The molecule has 0 aliphatic carbocycles. The molecule has 1 heterocycles. The van der Waals surface area contributed by atoms with E-state index in [1.165, 1.54) is 56.4 Å². The lowest BCUT2D eigenvalue weighted by molar-refractivity contribution is -0.116. The molecule has 0 saturated carbocycles. The topological polar surface area (TPSA) is 91.2 Å². The van der Waals surface area contributed by atoms with Crippen LogP contribution in [0.2, 0.25) is 0 Å². The number of aliphatic hydroxyl groups is 1. The van der Waals surface area contributed by atoms with Gasteiger partial charge in [0.1, 0.15) is 5.57 Å². The van der Waals surface area contributed by atoms with Gasteiger partial charge in [-0.1, -0.05) is 64.7 Å². The second-order valence-electron chi connectivity index (χ2n) is 8.02. The van der Waals surface area contributed by atoms with Crippen LogP contribution in [0.3, 0.4) is 0 Å². The summed E-state index contributed by atoms with van der Waals surface area (Å²) in [5.41, 5.74) is 1.21. The molecule has 1 aromatic rings. The number of anilines is 2. The first-order chi connectivity index (χ1) is 15.6. The Balaban J connectivity index is 1.69. The molecule has 32 heavy (non-hydrogen) atoms. The van der Waals surface area contributed by atoms with E-state index in [2.05, 4.69) is 17.3 Å². The summed E-state index contributed by atoms with van der Waals surface area (Å²) >= 11 is 0. The first-order valence-corrected chi connectivity index (χ1v) is 11.9. The molecule has 0 aromatic heterocycles. The summed E-state index contributed by atoms with van der Waals surface area (Å²) in [6, 6.07) is 6.86. The fraction of sp³-hybridized carbons (Fsp3) is 0.560. The zero-order valence-electron chi connectivity index (χ0n) is 19.4. The molecule has 1 aromatic carbocycles. The van der Waals surface area contributed by atoms with Gasteiger partial charge >= 0.3 is 0 Å². The number of hydrogen-bond donors (Lipinski definition) is 2. The maximum absolute atomic E-state index is 12.4. The molecule has 0 unspecified atom stereocenters. The van der Waals surface area contributed by atoms with Crippen molar-refractivity contribution in [2.24, 2.45) is 5.10 Å². The number of amides is 2. The maximum Gasteiger partial charge on any atom is 0.287 e. The van der Waals surface area contributed by atoms with Crippen molar-refractivity contribution in [1.29, 1.82) is 0 Å². The van der Waals surface area contributed by atoms with Crippen molar-refractivity contribution in [2.45, 2.75) is 84.5 Å². The van der Waals surface area contributed by atoms with Gasteiger partial charge in [0.05, 0.1) is 18.6 Å². The molecule has 7 nitrogen and oxygen atoms in total. The Kier molecular flexibility index (Phi) is 11.3. The number of carbonyl (C=O) groups is 2. The summed E-state index contributed by atoms with van der Waals surface area (Å²) in [5, 5.41) is 17.5. The highest BCUT2D eigenvalue weighted by atomic mass is 16.5. The predicted molar refractivity (Wildman–Crippen MR) is 129 cm³/mol. The number of benzene rings is 1. The first kappa shape index (κ1) is 25.4. The molecule has 0 saturated heterocycles. The Hall–Kier alpha value is -2.83. The van der Waals surface area contributed by atoms with Crippen LogP contribution in [-0.4, -0.2) is 29.4 Å². The van der Waals surface area contributed by atoms with Gasteiger partial charge in [0.2, 0.25) is 11.8 Å². The fourth-order valence-corrected chi connectivity index (χ4v) is 3.61. The van der Waals surface area contributed by atoms with Crippen LogP contribution in [0.25, 0.3) is 0 Å². The van der Waals surface area contributed by atoms with E-state index in [9.17, 15) is 14.7 Å². The monoisotopic (exact) mass is 443 g/mol. The highest BCUT2D eigenvalue weighted by molar-refractivity contribution is 6.27. The summed E-state index contributed by atoms with van der Waals surface area (Å²) in [7, 11) is 0. The van der Waals surface area contributed by atoms with Gasteiger partial charge in [-0.2, -0.15) is 5.01 Å². The van der Waals surface area contributed by atoms with Crippen molar-refractivity contribution >= 4 is 29.1 Å². The lowest BCUT2D eigenvalue weighted by Crippen LogP contribution is -2.21. The van der Waals surface area contributed by atoms with E-state index in [4.69, 9.17) is 4.74 Å². The molecule has 0 fully saturated rings. The van der Waals surface area contributed by atoms with Crippen molar-refractivity contribution < 1.29 is 19.4 Å². The van der Waals surface area contributed by atoms with Gasteiger partial charge in [0.25, 0.3) is 5.91 Å². The molecule has 176 valence electrons. The minimum absolute atomic E-state index is 0.00304. The maximum atomic E-state index is 12.4. The van der Waals surface area contributed by atoms with Gasteiger partial charge in [-0.25, -0.2) is 0 Å². The minimum Gasteiger partial charge on any atom is -0.515 e. The van der Waals surface area contributed by atoms with Gasteiger partial charge in [-0.3, -0.25) is 9.59 Å². The highest BCUT2D eigenvalue weighted by Crippen LogP contribution is 2.25. The Morgan fingerprint density at radius 3 is 2.16 bits per heavy atom. The average Bonchev–Trinajstić information content (AvgIpc) is 3.10. The summed E-state index contributed by atoms with van der Waals surface area (Å²) in [6.07, 6.45) is 13.6. The number of carbonyl (C=O) groups excluding carboxylic acids is 2. The standard InChI is InChI=1S/C25H37N3O4/c1-3-5-6-7-8-9-10-11-12-13-14-23(30)26-20-15-17-21(18-16-20)28-25(31)22(19-29)24(27-28)32-4-2/h15-19,29H,3-14H2,1-2H3,(H,26,30)/b22-19-. The molecule has 2 amide bonds. The third-order valence-corrected chi connectivity index (χ3v) is 5.41. The zero-order valence-corrected chi connectivity index (χ0v) is 19.4. The molecule has 2 rings (SSSR count). The predicted octanol–water partition coefficient (Wildman–Crippen LogP) is 6.07. The van der Waals surface area contributed by atoms with E-state index in [1.54, 1.807) is 31.2 Å². The van der Waals surface area contributed by atoms with Gasteiger partial charge in [0.15, 0.2) is 0 Å². The van der Waals surface area contributed by atoms with Gasteiger partial charge < -0.3 is 15.2 Å². The summed E-state index contributed by atoms with van der Waals surface area (Å²) in [6.45, 7) is 4.35. The van der Waals surface area contributed by atoms with E-state index in [0.29, 0.717) is 30.7 Å². The van der Waals surface area contributed by atoms with Crippen molar-refractivity contribution in [3.8, 4) is 0 Å². The third-order valence-electron chi connectivity index (χ3n) is 5.41. The van der Waals surface area contributed by atoms with Crippen molar-refractivity contribution in [3.05, 3.63) is 36.1 Å². The van der Waals surface area contributed by atoms with E-state index in [-0.39, 0.29) is 17.4 Å². The zero-order chi connectivity index (χ0) is 23.2. The highest BCUT2D eigenvalue weighted by Gasteiger charge is 2.32. The number of rotatable bonds is 14. The Labute approximate surface area is 191 Å². The quantitative estimate of drug-likeness (QED) is 0.207. The van der Waals surface area contributed by atoms with E-state index in [1.807, 2.05) is 0 Å². The Morgan fingerprint density at radius 1 is 1.00 bits per heavy atom. The number of ether oxygens (including phenoxy) is 1. The molecular weight excluding hydrogens is 406 g/mol.